The van der Waals surface area contributed by atoms with Crippen LogP contribution in [0.5, 0.6) is 0 Å². The molecule has 0 bridgehead atoms. The van der Waals surface area contributed by atoms with E-state index in [-0.39, 0.29) is 6.04 Å². The Morgan fingerprint density at radius 3 is 2.18 bits per heavy atom. The van der Waals surface area contributed by atoms with Crippen LogP contribution in [0.25, 0.3) is 0 Å². The fraction of sp³-hybridized carbons (Fsp3) is 0.462. The number of halogens is 2. The van der Waals surface area contributed by atoms with Crippen LogP contribution in [0.4, 0.5) is 0 Å². The van der Waals surface area contributed by atoms with E-state index in [9.17, 15) is 5.26 Å². The van der Waals surface area contributed by atoms with Crippen molar-refractivity contribution >= 4 is 23.2 Å². The number of piperidine rings is 1. The summed E-state index contributed by atoms with van der Waals surface area (Å²) in [5, 5.41) is 10.5. The Morgan fingerprint density at radius 1 is 1.06 bits per heavy atom. The maximum atomic E-state index is 9.34. The third-order valence-corrected chi connectivity index (χ3v) is 3.52. The minimum atomic E-state index is -0.230. The smallest absolute Gasteiger partial charge is 0.123 e. The molecule has 1 aromatic carbocycles. The first-order valence-corrected chi connectivity index (χ1v) is 6.56. The van der Waals surface area contributed by atoms with Crippen LogP contribution < -0.4 is 0 Å². The molecule has 2 nitrogen and oxygen atoms in total. The Hall–Kier alpha value is -0.750. The van der Waals surface area contributed by atoms with Crippen LogP contribution in [0, 0.1) is 11.3 Å². The minimum Gasteiger partial charge on any atom is -0.284 e. The summed E-state index contributed by atoms with van der Waals surface area (Å²) in [5.74, 6) is 0. The van der Waals surface area contributed by atoms with Gasteiger partial charge in [-0.1, -0.05) is 29.6 Å². The first-order valence-electron chi connectivity index (χ1n) is 5.80. The molecule has 0 spiro atoms. The molecule has 1 fully saturated rings. The van der Waals surface area contributed by atoms with Gasteiger partial charge in [0.05, 0.1) is 6.07 Å². The van der Waals surface area contributed by atoms with E-state index < -0.39 is 0 Å². The van der Waals surface area contributed by atoms with E-state index in [1.807, 2.05) is 12.1 Å². The molecule has 90 valence electrons. The van der Waals surface area contributed by atoms with Gasteiger partial charge < -0.3 is 0 Å². The number of hydrogen-bond acceptors (Lipinski definition) is 2. The van der Waals surface area contributed by atoms with E-state index >= 15 is 0 Å². The van der Waals surface area contributed by atoms with Crippen LogP contribution in [0.3, 0.4) is 0 Å². The minimum absolute atomic E-state index is 0.230. The summed E-state index contributed by atoms with van der Waals surface area (Å²) in [6.07, 6.45) is 3.57. The predicted octanol–water partition coefficient (Wildman–Crippen LogP) is 4.04. The largest absolute Gasteiger partial charge is 0.284 e. The second-order valence-corrected chi connectivity index (χ2v) is 5.20. The van der Waals surface area contributed by atoms with E-state index in [1.165, 1.54) is 6.42 Å². The molecule has 17 heavy (non-hydrogen) atoms. The van der Waals surface area contributed by atoms with E-state index in [4.69, 9.17) is 23.2 Å². The highest BCUT2D eigenvalue weighted by atomic mass is 35.5. The normalized spacial score (nSPS) is 18.6. The van der Waals surface area contributed by atoms with Crippen molar-refractivity contribution in [2.45, 2.75) is 25.3 Å². The Morgan fingerprint density at radius 2 is 1.65 bits per heavy atom. The highest BCUT2D eigenvalue weighted by Crippen LogP contribution is 2.28. The lowest BCUT2D eigenvalue weighted by Crippen LogP contribution is -2.33. The van der Waals surface area contributed by atoms with Crippen molar-refractivity contribution in [2.24, 2.45) is 0 Å². The summed E-state index contributed by atoms with van der Waals surface area (Å²) in [6, 6.07) is 7.47. The molecular formula is C13H14Cl2N2. The summed E-state index contributed by atoms with van der Waals surface area (Å²) in [5.41, 5.74) is 0.895. The van der Waals surface area contributed by atoms with Crippen molar-refractivity contribution in [1.29, 1.82) is 5.26 Å². The van der Waals surface area contributed by atoms with Gasteiger partial charge in [0.2, 0.25) is 0 Å². The van der Waals surface area contributed by atoms with Gasteiger partial charge in [-0.3, -0.25) is 4.90 Å². The van der Waals surface area contributed by atoms with Gasteiger partial charge in [0.1, 0.15) is 6.04 Å². The highest BCUT2D eigenvalue weighted by Gasteiger charge is 2.22. The van der Waals surface area contributed by atoms with Crippen LogP contribution in [-0.2, 0) is 0 Å². The zero-order valence-corrected chi connectivity index (χ0v) is 11.0. The fourth-order valence-electron chi connectivity index (χ4n) is 2.28. The van der Waals surface area contributed by atoms with Crippen molar-refractivity contribution in [2.75, 3.05) is 13.1 Å². The van der Waals surface area contributed by atoms with E-state index in [1.54, 1.807) is 6.07 Å². The van der Waals surface area contributed by atoms with Gasteiger partial charge in [-0.25, -0.2) is 0 Å². The number of rotatable bonds is 2. The van der Waals surface area contributed by atoms with Gasteiger partial charge in [0, 0.05) is 10.0 Å². The molecule has 0 amide bonds. The third kappa shape index (κ3) is 3.13. The zero-order chi connectivity index (χ0) is 12.3. The number of hydrogen-bond donors (Lipinski definition) is 0. The predicted molar refractivity (Wildman–Crippen MR) is 70.2 cm³/mol. The van der Waals surface area contributed by atoms with Crippen LogP contribution in [0.1, 0.15) is 30.9 Å². The standard InChI is InChI=1S/C13H14Cl2N2/c14-11-6-10(7-12(15)8-11)13(9-16)17-4-2-1-3-5-17/h6-8,13H,1-5H2. The lowest BCUT2D eigenvalue weighted by atomic mass is 10.0. The average Bonchev–Trinajstić information content (AvgIpc) is 2.30. The molecule has 0 radical (unpaired) electrons. The van der Waals surface area contributed by atoms with Crippen LogP contribution in [-0.4, -0.2) is 18.0 Å². The van der Waals surface area contributed by atoms with Gasteiger partial charge in [0.25, 0.3) is 0 Å². The molecule has 1 heterocycles. The van der Waals surface area contributed by atoms with Crippen molar-refractivity contribution in [1.82, 2.24) is 4.90 Å². The molecule has 1 unspecified atom stereocenters. The molecule has 0 aromatic heterocycles. The van der Waals surface area contributed by atoms with Crippen LogP contribution >= 0.6 is 23.2 Å². The lowest BCUT2D eigenvalue weighted by molar-refractivity contribution is 0.196. The number of benzene rings is 1. The Balaban J connectivity index is 2.25. The Kier molecular flexibility index (Phi) is 4.28. The third-order valence-electron chi connectivity index (χ3n) is 3.08. The summed E-state index contributed by atoms with van der Waals surface area (Å²) in [4.78, 5) is 2.20. The van der Waals surface area contributed by atoms with E-state index in [0.717, 1.165) is 31.5 Å². The first-order chi connectivity index (χ1) is 8.20. The van der Waals surface area contributed by atoms with E-state index in [0.29, 0.717) is 10.0 Å². The SMILES string of the molecule is N#CC(c1cc(Cl)cc(Cl)c1)N1CCCCC1. The second-order valence-electron chi connectivity index (χ2n) is 4.33. The topological polar surface area (TPSA) is 27.0 Å². The Labute approximate surface area is 112 Å². The number of nitrogens with zero attached hydrogens (tertiary/aromatic N) is 2. The van der Waals surface area contributed by atoms with Crippen LogP contribution in [0.2, 0.25) is 10.0 Å². The first kappa shape index (κ1) is 12.7. The molecule has 1 saturated heterocycles. The molecule has 1 aliphatic heterocycles. The summed E-state index contributed by atoms with van der Waals surface area (Å²) < 4.78 is 0. The summed E-state index contributed by atoms with van der Waals surface area (Å²) in [7, 11) is 0. The van der Waals surface area contributed by atoms with Crippen molar-refractivity contribution < 1.29 is 0 Å². The molecular weight excluding hydrogens is 255 g/mol. The molecule has 1 atom stereocenters. The zero-order valence-electron chi connectivity index (χ0n) is 9.50. The molecule has 0 aliphatic carbocycles. The fourth-order valence-corrected chi connectivity index (χ4v) is 2.82. The molecule has 0 N–H and O–H groups in total. The van der Waals surface area contributed by atoms with E-state index in [2.05, 4.69) is 11.0 Å². The lowest BCUT2D eigenvalue weighted by Gasteiger charge is -2.30. The van der Waals surface area contributed by atoms with Crippen molar-refractivity contribution in [3.05, 3.63) is 33.8 Å². The maximum Gasteiger partial charge on any atom is 0.123 e. The molecule has 0 saturated carbocycles. The van der Waals surface area contributed by atoms with Crippen molar-refractivity contribution in [3.8, 4) is 6.07 Å². The molecule has 1 aromatic rings. The highest BCUT2D eigenvalue weighted by molar-refractivity contribution is 6.34. The molecule has 4 heteroatoms. The van der Waals surface area contributed by atoms with Gasteiger partial charge in [-0.15, -0.1) is 0 Å². The Bertz CT molecular complexity index is 413. The van der Waals surface area contributed by atoms with Crippen molar-refractivity contribution in [3.63, 3.8) is 0 Å². The average molecular weight is 269 g/mol. The quantitative estimate of drug-likeness (QED) is 0.810. The number of likely N-dealkylation sites (tertiary alicyclic amines) is 1. The summed E-state index contributed by atoms with van der Waals surface area (Å²) in [6.45, 7) is 1.95. The molecule has 1 aliphatic rings. The van der Waals surface area contributed by atoms with Gasteiger partial charge in [-0.05, 0) is 49.7 Å². The number of nitriles is 1. The van der Waals surface area contributed by atoms with Gasteiger partial charge in [0.15, 0.2) is 0 Å². The van der Waals surface area contributed by atoms with Gasteiger partial charge in [-0.2, -0.15) is 5.26 Å². The monoisotopic (exact) mass is 268 g/mol. The van der Waals surface area contributed by atoms with Gasteiger partial charge >= 0.3 is 0 Å². The van der Waals surface area contributed by atoms with Crippen LogP contribution in [0.15, 0.2) is 18.2 Å². The maximum absolute atomic E-state index is 9.34. The molecule has 2 rings (SSSR count). The second kappa shape index (κ2) is 5.73. The summed E-state index contributed by atoms with van der Waals surface area (Å²) >= 11 is 12.0.